The van der Waals surface area contributed by atoms with E-state index >= 15 is 0 Å². The van der Waals surface area contributed by atoms with Crippen molar-refractivity contribution < 1.29 is 9.90 Å². The highest BCUT2D eigenvalue weighted by Gasteiger charge is 2.27. The van der Waals surface area contributed by atoms with Crippen LogP contribution in [-0.4, -0.2) is 35.1 Å². The average Bonchev–Trinajstić information content (AvgIpc) is 2.92. The number of halogens is 2. The normalized spacial score (nSPS) is 15.7. The van der Waals surface area contributed by atoms with E-state index in [1.807, 2.05) is 6.07 Å². The number of hydrogen-bond acceptors (Lipinski definition) is 2. The van der Waals surface area contributed by atoms with Crippen LogP contribution in [0.1, 0.15) is 36.0 Å². The van der Waals surface area contributed by atoms with Gasteiger partial charge >= 0.3 is 0 Å². The van der Waals surface area contributed by atoms with Crippen molar-refractivity contribution in [3.8, 4) is 0 Å². The number of amides is 1. The van der Waals surface area contributed by atoms with Crippen LogP contribution >= 0.6 is 34.2 Å². The van der Waals surface area contributed by atoms with Crippen molar-refractivity contribution in [1.29, 1.82) is 0 Å². The number of rotatable bonds is 4. The van der Waals surface area contributed by atoms with Gasteiger partial charge in [-0.2, -0.15) is 0 Å². The minimum absolute atomic E-state index is 0.000337. The van der Waals surface area contributed by atoms with Crippen molar-refractivity contribution in [3.05, 3.63) is 32.4 Å². The lowest BCUT2D eigenvalue weighted by molar-refractivity contribution is 0.0638. The van der Waals surface area contributed by atoms with Crippen molar-refractivity contribution in [3.63, 3.8) is 0 Å². The van der Waals surface area contributed by atoms with Gasteiger partial charge in [0.25, 0.3) is 5.91 Å². The van der Waals surface area contributed by atoms with Gasteiger partial charge in [-0.1, -0.05) is 24.4 Å². The maximum absolute atomic E-state index is 12.5. The molecular weight excluding hydrogens is 377 g/mol. The van der Waals surface area contributed by atoms with Crippen LogP contribution in [0.25, 0.3) is 0 Å². The van der Waals surface area contributed by atoms with Gasteiger partial charge in [-0.15, -0.1) is 0 Å². The summed E-state index contributed by atoms with van der Waals surface area (Å²) in [4.78, 5) is 14.3. The van der Waals surface area contributed by atoms with E-state index < -0.39 is 0 Å². The molecule has 1 fully saturated rings. The predicted octanol–water partition coefficient (Wildman–Crippen LogP) is 3.32. The second-order valence-electron chi connectivity index (χ2n) is 4.79. The standard InChI is InChI=1S/C14H17ClINO2/c15-12-9-10(5-6-13(12)16)14(19)17(7-8-18)11-3-1-2-4-11/h5-6,9,11,18H,1-4,7-8H2. The molecular formula is C14H17ClINO2. The molecule has 5 heteroatoms. The van der Waals surface area contributed by atoms with Crippen molar-refractivity contribution in [2.24, 2.45) is 0 Å². The Bertz CT molecular complexity index is 461. The largest absolute Gasteiger partial charge is 0.395 e. The first-order valence-corrected chi connectivity index (χ1v) is 7.96. The third-order valence-corrected chi connectivity index (χ3v) is 5.11. The van der Waals surface area contributed by atoms with Crippen molar-refractivity contribution in [1.82, 2.24) is 4.90 Å². The van der Waals surface area contributed by atoms with E-state index in [1.165, 1.54) is 0 Å². The molecule has 1 saturated carbocycles. The molecule has 0 aliphatic heterocycles. The van der Waals surface area contributed by atoms with Gasteiger partial charge in [0.05, 0.1) is 11.6 Å². The zero-order chi connectivity index (χ0) is 13.8. The molecule has 0 atom stereocenters. The van der Waals surface area contributed by atoms with E-state index in [0.29, 0.717) is 17.1 Å². The molecule has 1 aromatic carbocycles. The Morgan fingerprint density at radius 3 is 2.68 bits per heavy atom. The molecule has 3 nitrogen and oxygen atoms in total. The molecule has 1 N–H and O–H groups in total. The van der Waals surface area contributed by atoms with Gasteiger partial charge in [0, 0.05) is 21.7 Å². The van der Waals surface area contributed by atoms with Gasteiger partial charge in [-0.3, -0.25) is 4.79 Å². The molecule has 1 aromatic rings. The van der Waals surface area contributed by atoms with Crippen LogP contribution in [0, 0.1) is 3.57 Å². The average molecular weight is 394 g/mol. The third-order valence-electron chi connectivity index (χ3n) is 3.53. The zero-order valence-electron chi connectivity index (χ0n) is 10.6. The van der Waals surface area contributed by atoms with Gasteiger partial charge in [0.15, 0.2) is 0 Å². The molecule has 1 aliphatic carbocycles. The number of carbonyl (C=O) groups excluding carboxylic acids is 1. The van der Waals surface area contributed by atoms with E-state index in [4.69, 9.17) is 11.6 Å². The van der Waals surface area contributed by atoms with Crippen molar-refractivity contribution >= 4 is 40.1 Å². The summed E-state index contributed by atoms with van der Waals surface area (Å²) in [5.41, 5.74) is 0.603. The summed E-state index contributed by atoms with van der Waals surface area (Å²) in [6.45, 7) is 0.396. The fraction of sp³-hybridized carbons (Fsp3) is 0.500. The van der Waals surface area contributed by atoms with Gasteiger partial charge in [0.2, 0.25) is 0 Å². The summed E-state index contributed by atoms with van der Waals surface area (Å²) < 4.78 is 0.936. The van der Waals surface area contributed by atoms with E-state index in [-0.39, 0.29) is 18.6 Å². The van der Waals surface area contributed by atoms with Crippen molar-refractivity contribution in [2.45, 2.75) is 31.7 Å². The third kappa shape index (κ3) is 3.61. The highest BCUT2D eigenvalue weighted by molar-refractivity contribution is 14.1. The SMILES string of the molecule is O=C(c1ccc(I)c(Cl)c1)N(CCO)C1CCCC1. The Labute approximate surface area is 132 Å². The molecule has 0 unspecified atom stereocenters. The smallest absolute Gasteiger partial charge is 0.254 e. The summed E-state index contributed by atoms with van der Waals surface area (Å²) >= 11 is 8.21. The lowest BCUT2D eigenvalue weighted by Crippen LogP contribution is -2.40. The Morgan fingerprint density at radius 2 is 2.11 bits per heavy atom. The molecule has 1 amide bonds. The molecule has 2 rings (SSSR count). The van der Waals surface area contributed by atoms with Crippen LogP contribution < -0.4 is 0 Å². The number of carbonyl (C=O) groups is 1. The highest BCUT2D eigenvalue weighted by Crippen LogP contribution is 2.26. The topological polar surface area (TPSA) is 40.5 Å². The Balaban J connectivity index is 2.20. The van der Waals surface area contributed by atoms with E-state index in [2.05, 4.69) is 22.6 Å². The number of aliphatic hydroxyl groups excluding tert-OH is 1. The van der Waals surface area contributed by atoms with E-state index in [0.717, 1.165) is 29.3 Å². The first-order valence-electron chi connectivity index (χ1n) is 6.50. The second-order valence-corrected chi connectivity index (χ2v) is 6.36. The van der Waals surface area contributed by atoms with Crippen LogP contribution in [0.5, 0.6) is 0 Å². The molecule has 1 aliphatic rings. The van der Waals surface area contributed by atoms with Crippen LogP contribution in [0.2, 0.25) is 5.02 Å². The fourth-order valence-corrected chi connectivity index (χ4v) is 3.08. The maximum Gasteiger partial charge on any atom is 0.254 e. The van der Waals surface area contributed by atoms with Crippen molar-refractivity contribution in [2.75, 3.05) is 13.2 Å². The van der Waals surface area contributed by atoms with Crippen LogP contribution in [0.3, 0.4) is 0 Å². The van der Waals surface area contributed by atoms with Gasteiger partial charge < -0.3 is 10.0 Å². The number of aliphatic hydroxyl groups is 1. The monoisotopic (exact) mass is 393 g/mol. The lowest BCUT2D eigenvalue weighted by Gasteiger charge is -2.28. The Kier molecular flexibility index (Phi) is 5.47. The van der Waals surface area contributed by atoms with Crippen LogP contribution in [0.4, 0.5) is 0 Å². The molecule has 104 valence electrons. The summed E-state index contributed by atoms with van der Waals surface area (Å²) in [7, 11) is 0. The molecule has 0 saturated heterocycles. The molecule has 19 heavy (non-hydrogen) atoms. The second kappa shape index (κ2) is 6.90. The Morgan fingerprint density at radius 1 is 1.42 bits per heavy atom. The predicted molar refractivity (Wildman–Crippen MR) is 84.5 cm³/mol. The molecule has 0 bridgehead atoms. The summed E-state index contributed by atoms with van der Waals surface area (Å²) in [5.74, 6) is -0.0285. The first-order chi connectivity index (χ1) is 9.13. The number of nitrogens with zero attached hydrogens (tertiary/aromatic N) is 1. The molecule has 0 spiro atoms. The molecule has 0 heterocycles. The zero-order valence-corrected chi connectivity index (χ0v) is 13.5. The number of benzene rings is 1. The minimum Gasteiger partial charge on any atom is -0.395 e. The minimum atomic E-state index is -0.0285. The maximum atomic E-state index is 12.5. The van der Waals surface area contributed by atoms with Gasteiger partial charge in [-0.05, 0) is 53.6 Å². The van der Waals surface area contributed by atoms with Gasteiger partial charge in [0.1, 0.15) is 0 Å². The van der Waals surface area contributed by atoms with E-state index in [1.54, 1.807) is 17.0 Å². The summed E-state index contributed by atoms with van der Waals surface area (Å²) in [6, 6.07) is 5.63. The summed E-state index contributed by atoms with van der Waals surface area (Å²) in [5, 5.41) is 9.77. The first kappa shape index (κ1) is 15.1. The van der Waals surface area contributed by atoms with Gasteiger partial charge in [-0.25, -0.2) is 0 Å². The van der Waals surface area contributed by atoms with E-state index in [9.17, 15) is 9.90 Å². The van der Waals surface area contributed by atoms with Crippen LogP contribution in [-0.2, 0) is 0 Å². The van der Waals surface area contributed by atoms with Crippen LogP contribution in [0.15, 0.2) is 18.2 Å². The summed E-state index contributed by atoms with van der Waals surface area (Å²) in [6.07, 6.45) is 4.38. The molecule has 0 radical (unpaired) electrons. The number of hydrogen-bond donors (Lipinski definition) is 1. The fourth-order valence-electron chi connectivity index (χ4n) is 2.57. The quantitative estimate of drug-likeness (QED) is 0.797. The molecule has 0 aromatic heterocycles. The lowest BCUT2D eigenvalue weighted by atomic mass is 10.1. The Hall–Kier alpha value is -0.330. The highest BCUT2D eigenvalue weighted by atomic mass is 127.